The van der Waals surface area contributed by atoms with Gasteiger partial charge in [-0.3, -0.25) is 0 Å². The van der Waals surface area contributed by atoms with Crippen LogP contribution >= 0.6 is 39.1 Å². The van der Waals surface area contributed by atoms with Crippen LogP contribution in [0.5, 0.6) is 11.6 Å². The minimum absolute atomic E-state index is 0.378. The summed E-state index contributed by atoms with van der Waals surface area (Å²) < 4.78 is 6.32. The molecule has 0 unspecified atom stereocenters. The van der Waals surface area contributed by atoms with Gasteiger partial charge < -0.3 is 10.1 Å². The number of rotatable bonds is 5. The fraction of sp³-hybridized carbons (Fsp3) is 0.231. The van der Waals surface area contributed by atoms with Crippen molar-refractivity contribution in [3.63, 3.8) is 0 Å². The summed E-state index contributed by atoms with van der Waals surface area (Å²) in [4.78, 5) is 8.43. The van der Waals surface area contributed by atoms with Crippen molar-refractivity contribution < 1.29 is 4.74 Å². The Labute approximate surface area is 135 Å². The van der Waals surface area contributed by atoms with Gasteiger partial charge in [0.25, 0.3) is 0 Å². The standard InChI is InChI=1S/C13H12BrCl2N3O/c1-2-5-17-13-18-7-9(14)12(19-13)20-11-6-8(15)3-4-10(11)16/h3-4,6-7H,2,5H2,1H3,(H,17,18,19). The monoisotopic (exact) mass is 375 g/mol. The molecular formula is C13H12BrCl2N3O. The Morgan fingerprint density at radius 1 is 1.35 bits per heavy atom. The predicted octanol–water partition coefficient (Wildman–Crippen LogP) is 5.16. The summed E-state index contributed by atoms with van der Waals surface area (Å²) in [7, 11) is 0. The molecule has 1 heterocycles. The van der Waals surface area contributed by atoms with Crippen LogP contribution in [-0.4, -0.2) is 16.5 Å². The summed E-state index contributed by atoms with van der Waals surface area (Å²) in [5.41, 5.74) is 0. The largest absolute Gasteiger partial charge is 0.436 e. The first-order valence-electron chi connectivity index (χ1n) is 5.99. The molecule has 7 heteroatoms. The summed E-state index contributed by atoms with van der Waals surface area (Å²) in [5, 5.41) is 4.09. The van der Waals surface area contributed by atoms with Crippen LogP contribution in [-0.2, 0) is 0 Å². The average molecular weight is 377 g/mol. The Morgan fingerprint density at radius 2 is 2.15 bits per heavy atom. The molecule has 0 amide bonds. The smallest absolute Gasteiger partial charge is 0.238 e. The zero-order valence-electron chi connectivity index (χ0n) is 10.7. The molecule has 0 aliphatic heterocycles. The van der Waals surface area contributed by atoms with Crippen molar-refractivity contribution in [1.29, 1.82) is 0 Å². The molecule has 1 aromatic heterocycles. The fourth-order valence-corrected chi connectivity index (χ4v) is 1.99. The van der Waals surface area contributed by atoms with E-state index in [1.165, 1.54) is 0 Å². The topological polar surface area (TPSA) is 47.0 Å². The van der Waals surface area contributed by atoms with E-state index in [0.717, 1.165) is 13.0 Å². The first kappa shape index (κ1) is 15.4. The van der Waals surface area contributed by atoms with E-state index in [4.69, 9.17) is 27.9 Å². The second kappa shape index (κ2) is 7.11. The molecule has 0 saturated heterocycles. The Balaban J connectivity index is 2.25. The highest BCUT2D eigenvalue weighted by molar-refractivity contribution is 9.10. The van der Waals surface area contributed by atoms with Crippen LogP contribution in [0.15, 0.2) is 28.9 Å². The van der Waals surface area contributed by atoms with Gasteiger partial charge in [0.2, 0.25) is 11.8 Å². The van der Waals surface area contributed by atoms with E-state index in [9.17, 15) is 0 Å². The lowest BCUT2D eigenvalue weighted by molar-refractivity contribution is 0.459. The van der Waals surface area contributed by atoms with Crippen LogP contribution in [0.2, 0.25) is 10.0 Å². The molecule has 0 atom stereocenters. The Hall–Kier alpha value is -1.04. The maximum absolute atomic E-state index is 6.06. The fourth-order valence-electron chi connectivity index (χ4n) is 1.40. The van der Waals surface area contributed by atoms with Gasteiger partial charge in [0.1, 0.15) is 5.75 Å². The highest BCUT2D eigenvalue weighted by Gasteiger charge is 2.10. The van der Waals surface area contributed by atoms with Crippen LogP contribution in [0.1, 0.15) is 13.3 Å². The number of aromatic nitrogens is 2. The number of nitrogens with one attached hydrogen (secondary N) is 1. The minimum atomic E-state index is 0.378. The summed E-state index contributed by atoms with van der Waals surface area (Å²) in [6.45, 7) is 2.86. The Kier molecular flexibility index (Phi) is 5.46. The van der Waals surface area contributed by atoms with Gasteiger partial charge >= 0.3 is 0 Å². The van der Waals surface area contributed by atoms with E-state index in [0.29, 0.717) is 32.1 Å². The molecular weight excluding hydrogens is 365 g/mol. The van der Waals surface area contributed by atoms with Crippen molar-refractivity contribution in [1.82, 2.24) is 9.97 Å². The van der Waals surface area contributed by atoms with Crippen molar-refractivity contribution in [3.8, 4) is 11.6 Å². The van der Waals surface area contributed by atoms with Gasteiger partial charge in [0.15, 0.2) is 0 Å². The summed E-state index contributed by atoms with van der Waals surface area (Å²) in [6, 6.07) is 5.00. The molecule has 0 saturated carbocycles. The van der Waals surface area contributed by atoms with Crippen molar-refractivity contribution in [3.05, 3.63) is 38.9 Å². The Bertz CT molecular complexity index is 610. The van der Waals surface area contributed by atoms with Crippen molar-refractivity contribution >= 4 is 45.1 Å². The van der Waals surface area contributed by atoms with Gasteiger partial charge in [-0.1, -0.05) is 30.1 Å². The number of benzene rings is 1. The van der Waals surface area contributed by atoms with E-state index >= 15 is 0 Å². The molecule has 1 N–H and O–H groups in total. The van der Waals surface area contributed by atoms with Gasteiger partial charge in [-0.25, -0.2) is 4.98 Å². The summed E-state index contributed by atoms with van der Waals surface area (Å²) in [6.07, 6.45) is 2.61. The molecule has 2 rings (SSSR count). The lowest BCUT2D eigenvalue weighted by atomic mass is 10.3. The van der Waals surface area contributed by atoms with Gasteiger partial charge in [-0.2, -0.15) is 4.98 Å². The minimum Gasteiger partial charge on any atom is -0.436 e. The molecule has 0 radical (unpaired) electrons. The molecule has 20 heavy (non-hydrogen) atoms. The third-order valence-electron chi connectivity index (χ3n) is 2.34. The number of halogens is 3. The first-order chi connectivity index (χ1) is 9.60. The maximum atomic E-state index is 6.06. The maximum Gasteiger partial charge on any atom is 0.238 e. The normalized spacial score (nSPS) is 10.4. The van der Waals surface area contributed by atoms with Gasteiger partial charge in [0, 0.05) is 17.6 Å². The molecule has 4 nitrogen and oxygen atoms in total. The van der Waals surface area contributed by atoms with Gasteiger partial charge in [-0.15, -0.1) is 0 Å². The predicted molar refractivity (Wildman–Crippen MR) is 85.0 cm³/mol. The SMILES string of the molecule is CCCNc1ncc(Br)c(Oc2cc(Cl)ccc2Cl)n1. The van der Waals surface area contributed by atoms with Crippen LogP contribution in [0.25, 0.3) is 0 Å². The van der Waals surface area contributed by atoms with Crippen LogP contribution in [0, 0.1) is 0 Å². The van der Waals surface area contributed by atoms with E-state index in [1.807, 2.05) is 0 Å². The molecule has 0 bridgehead atoms. The third kappa shape index (κ3) is 3.98. The summed E-state index contributed by atoms with van der Waals surface area (Å²) >= 11 is 15.3. The van der Waals surface area contributed by atoms with Crippen molar-refractivity contribution in [2.75, 3.05) is 11.9 Å². The zero-order chi connectivity index (χ0) is 14.5. The average Bonchev–Trinajstić information content (AvgIpc) is 2.43. The van der Waals surface area contributed by atoms with Gasteiger partial charge in [0.05, 0.1) is 15.7 Å². The number of hydrogen-bond donors (Lipinski definition) is 1. The highest BCUT2D eigenvalue weighted by atomic mass is 79.9. The van der Waals surface area contributed by atoms with E-state index in [1.54, 1.807) is 24.4 Å². The highest BCUT2D eigenvalue weighted by Crippen LogP contribution is 2.34. The molecule has 1 aromatic carbocycles. The lowest BCUT2D eigenvalue weighted by Crippen LogP contribution is -2.05. The summed E-state index contributed by atoms with van der Waals surface area (Å²) in [5.74, 6) is 1.32. The third-order valence-corrected chi connectivity index (χ3v) is 3.44. The van der Waals surface area contributed by atoms with Crippen LogP contribution in [0.3, 0.4) is 0 Å². The van der Waals surface area contributed by atoms with Gasteiger partial charge in [-0.05, 0) is 34.5 Å². The molecule has 0 fully saturated rings. The molecule has 0 spiro atoms. The second-order valence-corrected chi connectivity index (χ2v) is 5.65. The molecule has 2 aromatic rings. The number of hydrogen-bond acceptors (Lipinski definition) is 4. The van der Waals surface area contributed by atoms with Crippen molar-refractivity contribution in [2.45, 2.75) is 13.3 Å². The lowest BCUT2D eigenvalue weighted by Gasteiger charge is -2.10. The molecule has 106 valence electrons. The number of anilines is 1. The first-order valence-corrected chi connectivity index (χ1v) is 7.54. The number of ether oxygens (including phenoxy) is 1. The Morgan fingerprint density at radius 3 is 2.90 bits per heavy atom. The second-order valence-electron chi connectivity index (χ2n) is 3.95. The quantitative estimate of drug-likeness (QED) is 0.782. The molecule has 0 aliphatic rings. The van der Waals surface area contributed by atoms with E-state index in [2.05, 4.69) is 38.1 Å². The van der Waals surface area contributed by atoms with Crippen molar-refractivity contribution in [2.24, 2.45) is 0 Å². The van der Waals surface area contributed by atoms with Crippen LogP contribution in [0.4, 0.5) is 5.95 Å². The van der Waals surface area contributed by atoms with E-state index in [-0.39, 0.29) is 0 Å². The zero-order valence-corrected chi connectivity index (χ0v) is 13.8. The molecule has 0 aliphatic carbocycles. The van der Waals surface area contributed by atoms with E-state index < -0.39 is 0 Å². The number of nitrogens with zero attached hydrogens (tertiary/aromatic N) is 2. The van der Waals surface area contributed by atoms with Crippen LogP contribution < -0.4 is 10.1 Å².